The summed E-state index contributed by atoms with van der Waals surface area (Å²) >= 11 is 0. The number of rotatable bonds is 6. The van der Waals surface area contributed by atoms with E-state index in [-0.39, 0.29) is 0 Å². The van der Waals surface area contributed by atoms with E-state index in [1.165, 1.54) is 31.2 Å². The van der Waals surface area contributed by atoms with Crippen molar-refractivity contribution in [2.45, 2.75) is 45.4 Å². The van der Waals surface area contributed by atoms with Crippen LogP contribution >= 0.6 is 0 Å². The quantitative estimate of drug-likeness (QED) is 0.648. The van der Waals surface area contributed by atoms with E-state index >= 15 is 0 Å². The molecule has 4 heteroatoms. The van der Waals surface area contributed by atoms with Gasteiger partial charge in [0.05, 0.1) is 6.61 Å². The molecule has 1 aromatic carbocycles. The number of aliphatic imine (C=N–C) groups is 1. The normalized spacial score (nSPS) is 16.4. The van der Waals surface area contributed by atoms with Gasteiger partial charge < -0.3 is 15.4 Å². The smallest absolute Gasteiger partial charge is 0.191 e. The predicted molar refractivity (Wildman–Crippen MR) is 92.5 cm³/mol. The van der Waals surface area contributed by atoms with Gasteiger partial charge in [-0.25, -0.2) is 0 Å². The molecule has 1 heterocycles. The van der Waals surface area contributed by atoms with Crippen LogP contribution in [0.15, 0.2) is 29.3 Å². The maximum absolute atomic E-state index is 6.13. The number of guanidine groups is 1. The Labute approximate surface area is 134 Å². The molecule has 0 saturated carbocycles. The molecule has 0 bridgehead atoms. The zero-order chi connectivity index (χ0) is 15.6. The minimum Gasteiger partial charge on any atom is -0.494 e. The second-order valence-corrected chi connectivity index (χ2v) is 5.89. The molecule has 1 aromatic rings. The molecule has 4 nitrogen and oxygen atoms in total. The second-order valence-electron chi connectivity index (χ2n) is 5.89. The lowest BCUT2D eigenvalue weighted by Crippen LogP contribution is -2.38. The van der Waals surface area contributed by atoms with E-state index < -0.39 is 0 Å². The van der Waals surface area contributed by atoms with Gasteiger partial charge in [-0.05, 0) is 43.4 Å². The van der Waals surface area contributed by atoms with Crippen LogP contribution in [0.25, 0.3) is 0 Å². The molecule has 0 unspecified atom stereocenters. The monoisotopic (exact) mass is 303 g/mol. The Morgan fingerprint density at radius 1 is 1.23 bits per heavy atom. The zero-order valence-electron chi connectivity index (χ0n) is 13.8. The fraction of sp³-hybridized carbons (Fsp3) is 0.611. The van der Waals surface area contributed by atoms with E-state index in [1.807, 2.05) is 12.1 Å². The van der Waals surface area contributed by atoms with Gasteiger partial charge in [-0.3, -0.25) is 4.99 Å². The maximum atomic E-state index is 6.13. The molecular formula is C18H29N3O. The molecule has 0 aromatic heterocycles. The summed E-state index contributed by atoms with van der Waals surface area (Å²) in [4.78, 5) is 6.79. The van der Waals surface area contributed by atoms with Gasteiger partial charge in [-0.15, -0.1) is 0 Å². The molecule has 0 spiro atoms. The van der Waals surface area contributed by atoms with Crippen LogP contribution in [0.2, 0.25) is 0 Å². The van der Waals surface area contributed by atoms with Crippen molar-refractivity contribution in [1.29, 1.82) is 0 Å². The minimum atomic E-state index is 0.709. The fourth-order valence-electron chi connectivity index (χ4n) is 2.71. The molecule has 0 aliphatic carbocycles. The lowest BCUT2D eigenvalue weighted by molar-refractivity contribution is 0.317. The molecule has 2 N–H and O–H groups in total. The van der Waals surface area contributed by atoms with Crippen LogP contribution in [0, 0.1) is 0 Å². The Kier molecular flexibility index (Phi) is 7.07. The largest absolute Gasteiger partial charge is 0.494 e. The highest BCUT2D eigenvalue weighted by atomic mass is 16.5. The standard InChI is InChI=1S/C18H29N3O/c1-2-14-22-17-9-7-8-16(15-17)10-11-20-18(19)21-12-5-3-4-6-13-21/h7-9,15H,2-6,10-14H2,1H3,(H2,19,20). The van der Waals surface area contributed by atoms with Gasteiger partial charge in [0.1, 0.15) is 5.75 Å². The van der Waals surface area contributed by atoms with E-state index in [0.29, 0.717) is 5.96 Å². The summed E-state index contributed by atoms with van der Waals surface area (Å²) in [6.45, 7) is 5.72. The number of likely N-dealkylation sites (tertiary alicyclic amines) is 1. The van der Waals surface area contributed by atoms with Crippen LogP contribution in [-0.2, 0) is 6.42 Å². The number of hydrogen-bond donors (Lipinski definition) is 1. The van der Waals surface area contributed by atoms with Crippen molar-refractivity contribution in [2.24, 2.45) is 10.7 Å². The van der Waals surface area contributed by atoms with Crippen LogP contribution in [-0.4, -0.2) is 37.1 Å². The van der Waals surface area contributed by atoms with Gasteiger partial charge in [0.15, 0.2) is 5.96 Å². The van der Waals surface area contributed by atoms with E-state index in [4.69, 9.17) is 10.5 Å². The van der Waals surface area contributed by atoms with E-state index in [9.17, 15) is 0 Å². The number of nitrogens with two attached hydrogens (primary N) is 1. The summed E-state index contributed by atoms with van der Waals surface area (Å²) in [5.74, 6) is 1.66. The van der Waals surface area contributed by atoms with Crippen LogP contribution in [0.4, 0.5) is 0 Å². The van der Waals surface area contributed by atoms with Crippen molar-refractivity contribution >= 4 is 5.96 Å². The third kappa shape index (κ3) is 5.58. The Bertz CT molecular complexity index is 465. The Morgan fingerprint density at radius 2 is 2.00 bits per heavy atom. The predicted octanol–water partition coefficient (Wildman–Crippen LogP) is 3.21. The van der Waals surface area contributed by atoms with Crippen molar-refractivity contribution in [1.82, 2.24) is 4.90 Å². The molecule has 0 amide bonds. The molecule has 0 radical (unpaired) electrons. The van der Waals surface area contributed by atoms with Gasteiger partial charge in [0.2, 0.25) is 0 Å². The molecule has 22 heavy (non-hydrogen) atoms. The zero-order valence-corrected chi connectivity index (χ0v) is 13.8. The summed E-state index contributed by atoms with van der Waals surface area (Å²) < 4.78 is 5.66. The number of ether oxygens (including phenoxy) is 1. The van der Waals surface area contributed by atoms with Gasteiger partial charge in [0.25, 0.3) is 0 Å². The summed E-state index contributed by atoms with van der Waals surface area (Å²) in [7, 11) is 0. The van der Waals surface area contributed by atoms with Gasteiger partial charge in [0, 0.05) is 19.6 Å². The molecule has 1 aliphatic heterocycles. The first-order valence-electron chi connectivity index (χ1n) is 8.56. The Hall–Kier alpha value is -1.71. The van der Waals surface area contributed by atoms with Gasteiger partial charge >= 0.3 is 0 Å². The van der Waals surface area contributed by atoms with Crippen LogP contribution in [0.3, 0.4) is 0 Å². The first-order valence-corrected chi connectivity index (χ1v) is 8.56. The van der Waals surface area contributed by atoms with Crippen molar-refractivity contribution in [3.8, 4) is 5.75 Å². The molecule has 122 valence electrons. The van der Waals surface area contributed by atoms with Crippen molar-refractivity contribution in [3.63, 3.8) is 0 Å². The number of nitrogens with zero attached hydrogens (tertiary/aromatic N) is 2. The Morgan fingerprint density at radius 3 is 2.73 bits per heavy atom. The SMILES string of the molecule is CCCOc1cccc(CCN=C(N)N2CCCCCC2)c1. The second kappa shape index (κ2) is 9.34. The van der Waals surface area contributed by atoms with E-state index in [0.717, 1.165) is 44.8 Å². The molecular weight excluding hydrogens is 274 g/mol. The summed E-state index contributed by atoms with van der Waals surface area (Å²) in [5.41, 5.74) is 7.38. The number of benzene rings is 1. The lowest BCUT2D eigenvalue weighted by Gasteiger charge is -2.21. The van der Waals surface area contributed by atoms with Gasteiger partial charge in [-0.1, -0.05) is 31.9 Å². The Balaban J connectivity index is 1.82. The number of hydrogen-bond acceptors (Lipinski definition) is 2. The summed E-state index contributed by atoms with van der Waals surface area (Å²) in [6, 6.07) is 8.28. The third-order valence-corrected chi connectivity index (χ3v) is 3.98. The molecule has 1 fully saturated rings. The van der Waals surface area contributed by atoms with E-state index in [2.05, 4.69) is 28.9 Å². The fourth-order valence-corrected chi connectivity index (χ4v) is 2.71. The van der Waals surface area contributed by atoms with Crippen LogP contribution in [0.1, 0.15) is 44.6 Å². The highest BCUT2D eigenvalue weighted by Gasteiger charge is 2.10. The molecule has 1 saturated heterocycles. The minimum absolute atomic E-state index is 0.709. The molecule has 0 atom stereocenters. The highest BCUT2D eigenvalue weighted by molar-refractivity contribution is 5.78. The maximum Gasteiger partial charge on any atom is 0.191 e. The summed E-state index contributed by atoms with van der Waals surface area (Å²) in [6.07, 6.45) is 7.02. The van der Waals surface area contributed by atoms with Gasteiger partial charge in [-0.2, -0.15) is 0 Å². The van der Waals surface area contributed by atoms with Crippen LogP contribution < -0.4 is 10.5 Å². The first-order chi connectivity index (χ1) is 10.8. The van der Waals surface area contributed by atoms with Crippen molar-refractivity contribution < 1.29 is 4.74 Å². The first kappa shape index (κ1) is 16.7. The topological polar surface area (TPSA) is 50.9 Å². The lowest BCUT2D eigenvalue weighted by atomic mass is 10.1. The molecule has 2 rings (SSSR count). The van der Waals surface area contributed by atoms with Crippen LogP contribution in [0.5, 0.6) is 5.75 Å². The highest BCUT2D eigenvalue weighted by Crippen LogP contribution is 2.14. The average molecular weight is 303 g/mol. The third-order valence-electron chi connectivity index (χ3n) is 3.98. The van der Waals surface area contributed by atoms with Crippen molar-refractivity contribution in [2.75, 3.05) is 26.2 Å². The van der Waals surface area contributed by atoms with Crippen molar-refractivity contribution in [3.05, 3.63) is 29.8 Å². The van der Waals surface area contributed by atoms with E-state index in [1.54, 1.807) is 0 Å². The molecule has 1 aliphatic rings. The average Bonchev–Trinajstić information content (AvgIpc) is 2.82. The summed E-state index contributed by atoms with van der Waals surface area (Å²) in [5, 5.41) is 0.